The van der Waals surface area contributed by atoms with Crippen LogP contribution in [0.3, 0.4) is 0 Å². The Morgan fingerprint density at radius 1 is 0.508 bits per heavy atom. The molecule has 370 valence electrons. The molecule has 0 saturated carbocycles. The molecular formula is C50H94NO11P. The molecule has 0 radical (unpaired) electrons. The Labute approximate surface area is 384 Å². The van der Waals surface area contributed by atoms with Crippen LogP contribution < -0.4 is 5.32 Å². The lowest BCUT2D eigenvalue weighted by molar-refractivity contribution is -0.161. The normalized spacial score (nSPS) is 12.9. The summed E-state index contributed by atoms with van der Waals surface area (Å²) in [5, 5.41) is 2.44. The summed E-state index contributed by atoms with van der Waals surface area (Å²) in [6.45, 7) is 6.57. The first kappa shape index (κ1) is 60.9. The van der Waals surface area contributed by atoms with Gasteiger partial charge < -0.3 is 19.7 Å². The van der Waals surface area contributed by atoms with Crippen molar-refractivity contribution in [1.82, 2.24) is 5.32 Å². The minimum Gasteiger partial charge on any atom is -0.462 e. The van der Waals surface area contributed by atoms with Gasteiger partial charge in [-0.05, 0) is 12.8 Å². The molecule has 0 heterocycles. The van der Waals surface area contributed by atoms with E-state index in [1.165, 1.54) is 141 Å². The van der Waals surface area contributed by atoms with Gasteiger partial charge in [-0.25, -0.2) is 4.57 Å². The van der Waals surface area contributed by atoms with Gasteiger partial charge in [0, 0.05) is 38.1 Å². The number of rotatable bonds is 48. The third-order valence-electron chi connectivity index (χ3n) is 11.5. The molecule has 13 heteroatoms. The fourth-order valence-electron chi connectivity index (χ4n) is 7.35. The Morgan fingerprint density at radius 2 is 0.905 bits per heavy atom. The Morgan fingerprint density at radius 3 is 1.32 bits per heavy atom. The van der Waals surface area contributed by atoms with Gasteiger partial charge in [-0.3, -0.25) is 33.0 Å². The second kappa shape index (κ2) is 43.7. The number of hydrogen-bond acceptors (Lipinski definition) is 10. The van der Waals surface area contributed by atoms with E-state index in [9.17, 15) is 33.4 Å². The summed E-state index contributed by atoms with van der Waals surface area (Å²) < 4.78 is 33.7. The van der Waals surface area contributed by atoms with Gasteiger partial charge in [0.1, 0.15) is 18.2 Å². The average Bonchev–Trinajstić information content (AvgIpc) is 3.25. The molecule has 0 aromatic rings. The predicted octanol–water partition coefficient (Wildman–Crippen LogP) is 13.2. The number of esters is 2. The number of unbranched alkanes of at least 4 members (excludes halogenated alkanes) is 28. The fraction of sp³-hybridized carbons (Fsp3) is 0.900. The summed E-state index contributed by atoms with van der Waals surface area (Å²) in [4.78, 5) is 71.5. The Hall–Kier alpha value is -2.14. The van der Waals surface area contributed by atoms with Gasteiger partial charge in [-0.2, -0.15) is 0 Å². The first-order chi connectivity index (χ1) is 30.4. The number of ketones is 2. The van der Waals surface area contributed by atoms with Crippen molar-refractivity contribution in [1.29, 1.82) is 0 Å². The van der Waals surface area contributed by atoms with Crippen LogP contribution in [-0.2, 0) is 47.1 Å². The molecule has 0 fully saturated rings. The topological polar surface area (TPSA) is 172 Å². The van der Waals surface area contributed by atoms with Crippen molar-refractivity contribution in [3.63, 3.8) is 0 Å². The van der Waals surface area contributed by atoms with E-state index in [0.717, 1.165) is 38.5 Å². The van der Waals surface area contributed by atoms with Crippen LogP contribution in [0, 0.1) is 5.92 Å². The van der Waals surface area contributed by atoms with Crippen molar-refractivity contribution in [3.05, 3.63) is 0 Å². The van der Waals surface area contributed by atoms with Gasteiger partial charge in [-0.1, -0.05) is 207 Å². The predicted molar refractivity (Wildman–Crippen MR) is 253 cm³/mol. The molecule has 0 saturated heterocycles. The van der Waals surface area contributed by atoms with Gasteiger partial charge in [0.2, 0.25) is 5.91 Å². The minimum absolute atomic E-state index is 0.0271. The van der Waals surface area contributed by atoms with E-state index >= 15 is 0 Å². The zero-order valence-electron chi connectivity index (χ0n) is 40.7. The maximum Gasteiger partial charge on any atom is 0.472 e. The first-order valence-corrected chi connectivity index (χ1v) is 27.2. The summed E-state index contributed by atoms with van der Waals surface area (Å²) in [6.07, 6.45) is 35.4. The van der Waals surface area contributed by atoms with E-state index in [-0.39, 0.29) is 56.3 Å². The van der Waals surface area contributed by atoms with Crippen molar-refractivity contribution in [3.8, 4) is 0 Å². The number of ether oxygens (including phenoxy) is 2. The quantitative estimate of drug-likeness (QED) is 0.0257. The monoisotopic (exact) mass is 916 g/mol. The molecule has 0 spiro atoms. The van der Waals surface area contributed by atoms with Crippen LogP contribution in [0.5, 0.6) is 0 Å². The zero-order valence-corrected chi connectivity index (χ0v) is 41.6. The number of hydrogen-bond donors (Lipinski definition) is 2. The number of carbonyl (C=O) groups excluding carboxylic acids is 5. The lowest BCUT2D eigenvalue weighted by Crippen LogP contribution is -2.30. The number of amides is 1. The standard InChI is InChI=1S/C50H94NO11P/c1-5-7-9-11-13-15-17-19-21-23-25-27-29-31-33-35-49(55)59-42-46(62-50(56)36-34-32-30-28-26-24-22-20-18-16-14-12-10-8-6-2)43-61-63(57,58)60-40-39-51-48(54)41-45(52)37-38-47(53)44(3)4/h44,46H,5-43H2,1-4H3,(H,51,54)(H,57,58)/t46-/m1/s1. The molecule has 0 bridgehead atoms. The SMILES string of the molecule is CCCCCCCCCCCCCCCCCC(=O)OC[C@H](COP(=O)(O)OCCNC(=O)CC(=O)CCC(=O)C(C)C)OC(=O)CCCCCCCCCCCCCCCCC. The minimum atomic E-state index is -4.64. The van der Waals surface area contributed by atoms with Crippen LogP contribution in [0.1, 0.15) is 252 Å². The van der Waals surface area contributed by atoms with Gasteiger partial charge in [0.15, 0.2) is 6.10 Å². The van der Waals surface area contributed by atoms with E-state index in [2.05, 4.69) is 19.2 Å². The van der Waals surface area contributed by atoms with E-state index in [4.69, 9.17) is 18.5 Å². The highest BCUT2D eigenvalue weighted by Gasteiger charge is 2.26. The lowest BCUT2D eigenvalue weighted by Gasteiger charge is -2.20. The van der Waals surface area contributed by atoms with Crippen LogP contribution >= 0.6 is 7.82 Å². The molecule has 0 aliphatic heterocycles. The molecule has 0 rings (SSSR count). The molecule has 12 nitrogen and oxygen atoms in total. The summed E-state index contributed by atoms with van der Waals surface area (Å²) >= 11 is 0. The number of carbonyl (C=O) groups is 5. The largest absolute Gasteiger partial charge is 0.472 e. The van der Waals surface area contributed by atoms with Crippen LogP contribution in [0.4, 0.5) is 0 Å². The molecule has 0 aromatic heterocycles. The molecule has 2 atom stereocenters. The van der Waals surface area contributed by atoms with Gasteiger partial charge >= 0.3 is 19.8 Å². The second-order valence-corrected chi connectivity index (χ2v) is 19.4. The van der Waals surface area contributed by atoms with Crippen molar-refractivity contribution in [2.45, 2.75) is 259 Å². The Kier molecular flexibility index (Phi) is 42.3. The summed E-state index contributed by atoms with van der Waals surface area (Å²) in [6, 6.07) is 0. The molecule has 0 aliphatic carbocycles. The van der Waals surface area contributed by atoms with Gasteiger partial charge in [0.05, 0.1) is 19.6 Å². The highest BCUT2D eigenvalue weighted by Crippen LogP contribution is 2.43. The summed E-state index contributed by atoms with van der Waals surface area (Å²) in [7, 11) is -4.64. The first-order valence-electron chi connectivity index (χ1n) is 25.7. The lowest BCUT2D eigenvalue weighted by atomic mass is 10.0. The second-order valence-electron chi connectivity index (χ2n) is 18.0. The fourth-order valence-corrected chi connectivity index (χ4v) is 8.10. The number of Topliss-reactive ketones (excluding diaryl/α,β-unsaturated/α-hetero) is 2. The smallest absolute Gasteiger partial charge is 0.462 e. The summed E-state index contributed by atoms with van der Waals surface area (Å²) in [5.41, 5.74) is 0. The molecule has 1 unspecified atom stereocenters. The van der Waals surface area contributed by atoms with Crippen molar-refractivity contribution in [2.24, 2.45) is 5.92 Å². The molecule has 0 aliphatic rings. The summed E-state index contributed by atoms with van der Waals surface area (Å²) in [5.74, 6) is -2.15. The number of nitrogens with one attached hydrogen (secondary N) is 1. The van der Waals surface area contributed by atoms with Crippen molar-refractivity contribution < 1.29 is 52.0 Å². The highest BCUT2D eigenvalue weighted by molar-refractivity contribution is 7.47. The van der Waals surface area contributed by atoms with Crippen molar-refractivity contribution in [2.75, 3.05) is 26.4 Å². The van der Waals surface area contributed by atoms with E-state index < -0.39 is 51.4 Å². The van der Waals surface area contributed by atoms with E-state index in [1.807, 2.05) is 0 Å². The molecule has 1 amide bonds. The van der Waals surface area contributed by atoms with Gasteiger partial charge in [0.25, 0.3) is 0 Å². The van der Waals surface area contributed by atoms with Gasteiger partial charge in [-0.15, -0.1) is 0 Å². The molecule has 2 N–H and O–H groups in total. The number of phosphoric acid groups is 1. The van der Waals surface area contributed by atoms with Crippen LogP contribution in [0.15, 0.2) is 0 Å². The van der Waals surface area contributed by atoms with Crippen LogP contribution in [0.25, 0.3) is 0 Å². The van der Waals surface area contributed by atoms with E-state index in [0.29, 0.717) is 12.8 Å². The van der Waals surface area contributed by atoms with Crippen LogP contribution in [0.2, 0.25) is 0 Å². The molecule has 0 aromatic carbocycles. The highest BCUT2D eigenvalue weighted by atomic mass is 31.2. The maximum absolute atomic E-state index is 12.8. The van der Waals surface area contributed by atoms with Crippen molar-refractivity contribution >= 4 is 37.2 Å². The molecule has 63 heavy (non-hydrogen) atoms. The van der Waals surface area contributed by atoms with E-state index in [1.54, 1.807) is 13.8 Å². The Balaban J connectivity index is 4.58. The molecular weight excluding hydrogens is 822 g/mol. The number of phosphoric ester groups is 1. The maximum atomic E-state index is 12.8. The average molecular weight is 916 g/mol. The zero-order chi connectivity index (χ0) is 46.7. The third kappa shape index (κ3) is 43.5. The van der Waals surface area contributed by atoms with Crippen LogP contribution in [-0.4, -0.2) is 66.8 Å². The third-order valence-corrected chi connectivity index (χ3v) is 12.4. The Bertz CT molecular complexity index is 1200.